The fraction of sp³-hybridized carbons (Fsp3) is 0.526. The maximum atomic E-state index is 10.7. The number of aliphatic carboxylic acids is 1. The molecule has 1 heterocycles. The van der Waals surface area contributed by atoms with Gasteiger partial charge in [0.2, 0.25) is 0 Å². The number of carboxylic acid groups (broad SMARTS) is 1. The predicted octanol–water partition coefficient (Wildman–Crippen LogP) is 5.28. The molecule has 0 aliphatic heterocycles. The number of carbonyl (C=O) groups is 1. The summed E-state index contributed by atoms with van der Waals surface area (Å²) >= 11 is 8.55. The van der Waals surface area contributed by atoms with Crippen LogP contribution in [0.5, 0.6) is 0 Å². The number of aromatic nitrogens is 2. The molecule has 0 spiro atoms. The lowest BCUT2D eigenvalue weighted by Gasteiger charge is -2.17. The van der Waals surface area contributed by atoms with Gasteiger partial charge in [-0.25, -0.2) is 4.98 Å². The normalized spacial score (nSPS) is 11.7. The maximum absolute atomic E-state index is 10.7. The van der Waals surface area contributed by atoms with E-state index in [1.165, 1.54) is 11.8 Å². The average molecular weight is 426 g/mol. The number of nitrogens with zero attached hydrogens (tertiary/aromatic N) is 2. The quantitative estimate of drug-likeness (QED) is 0.462. The Morgan fingerprint density at radius 1 is 1.33 bits per heavy atom. The number of hydrogen-bond donors (Lipinski definition) is 2. The van der Waals surface area contributed by atoms with Crippen molar-refractivity contribution in [3.05, 3.63) is 18.0 Å². The van der Waals surface area contributed by atoms with Gasteiger partial charge in [0, 0.05) is 23.1 Å². The van der Waals surface area contributed by atoms with Crippen LogP contribution in [0.1, 0.15) is 46.4 Å². The molecule has 0 radical (unpaired) electrons. The molecule has 0 atom stereocenters. The van der Waals surface area contributed by atoms with Crippen LogP contribution < -0.4 is 5.32 Å². The summed E-state index contributed by atoms with van der Waals surface area (Å²) in [7, 11) is 2.04. The van der Waals surface area contributed by atoms with E-state index in [2.05, 4.69) is 49.7 Å². The van der Waals surface area contributed by atoms with E-state index in [-0.39, 0.29) is 11.8 Å². The fourth-order valence-electron chi connectivity index (χ4n) is 2.70. The Morgan fingerprint density at radius 3 is 2.63 bits per heavy atom. The van der Waals surface area contributed by atoms with Gasteiger partial charge < -0.3 is 15.0 Å². The molecule has 0 amide bonds. The number of nitrogens with one attached hydrogen (secondary N) is 1. The van der Waals surface area contributed by atoms with E-state index in [4.69, 9.17) is 22.3 Å². The molecule has 5 nitrogen and oxygen atoms in total. The molecule has 0 saturated heterocycles. The summed E-state index contributed by atoms with van der Waals surface area (Å²) in [6, 6.07) is 4.22. The predicted molar refractivity (Wildman–Crippen MR) is 121 cm³/mol. The highest BCUT2D eigenvalue weighted by atomic mass is 32.2. The van der Waals surface area contributed by atoms with Crippen LogP contribution in [-0.4, -0.2) is 36.5 Å². The minimum atomic E-state index is -0.810. The van der Waals surface area contributed by atoms with Crippen LogP contribution in [0.3, 0.4) is 0 Å². The Kier molecular flexibility index (Phi) is 7.59. The average Bonchev–Trinajstić information content (AvgIpc) is 2.89. The third-order valence-corrected chi connectivity index (χ3v) is 6.39. The van der Waals surface area contributed by atoms with E-state index in [1.807, 2.05) is 7.05 Å². The van der Waals surface area contributed by atoms with Crippen LogP contribution >= 0.6 is 35.7 Å². The third-order valence-electron chi connectivity index (χ3n) is 3.90. The number of benzene rings is 1. The van der Waals surface area contributed by atoms with E-state index in [0.29, 0.717) is 10.1 Å². The lowest BCUT2D eigenvalue weighted by atomic mass is 9.96. The summed E-state index contributed by atoms with van der Waals surface area (Å²) in [5, 5.41) is 12.1. The van der Waals surface area contributed by atoms with Gasteiger partial charge in [0.1, 0.15) is 10.1 Å². The van der Waals surface area contributed by atoms with Gasteiger partial charge in [-0.2, -0.15) is 0 Å². The Morgan fingerprint density at radius 2 is 2.04 bits per heavy atom. The van der Waals surface area contributed by atoms with Gasteiger partial charge in [-0.05, 0) is 24.3 Å². The number of thiocarbonyl (C=S) groups is 1. The molecule has 1 aromatic carbocycles. The molecule has 0 bridgehead atoms. The van der Waals surface area contributed by atoms with Gasteiger partial charge in [0.25, 0.3) is 0 Å². The summed E-state index contributed by atoms with van der Waals surface area (Å²) in [6.07, 6.45) is 1.18. The Bertz CT molecular complexity index is 841. The van der Waals surface area contributed by atoms with Gasteiger partial charge in [-0.1, -0.05) is 51.7 Å². The van der Waals surface area contributed by atoms with Crippen molar-refractivity contribution < 1.29 is 9.90 Å². The molecule has 1 aromatic heterocycles. The van der Waals surface area contributed by atoms with Crippen molar-refractivity contribution in [3.8, 4) is 0 Å². The number of carboxylic acids is 1. The first-order valence-electron chi connectivity index (χ1n) is 8.92. The zero-order valence-electron chi connectivity index (χ0n) is 16.5. The van der Waals surface area contributed by atoms with Crippen LogP contribution in [-0.2, 0) is 17.3 Å². The topological polar surface area (TPSA) is 67.2 Å². The standard InChI is InChI=1S/C19H27N3O2S3/c1-6-8-26-15-11-12-14(22(5)17(20-12)19(2,3)4)10-13(15)21-18(25)27-9-7-16(23)24/h10-11H,6-9H2,1-5H3,(H,21,25)(H,23,24). The molecule has 8 heteroatoms. The minimum absolute atomic E-state index is 0.0416. The van der Waals surface area contributed by atoms with E-state index < -0.39 is 5.97 Å². The minimum Gasteiger partial charge on any atom is -0.481 e. The smallest absolute Gasteiger partial charge is 0.304 e. The molecule has 2 aromatic rings. The van der Waals surface area contributed by atoms with Crippen molar-refractivity contribution in [1.82, 2.24) is 9.55 Å². The highest BCUT2D eigenvalue weighted by molar-refractivity contribution is 8.23. The van der Waals surface area contributed by atoms with Gasteiger partial charge in [0.05, 0.1) is 23.1 Å². The van der Waals surface area contributed by atoms with Gasteiger partial charge in [-0.3, -0.25) is 4.79 Å². The van der Waals surface area contributed by atoms with E-state index in [0.717, 1.165) is 39.6 Å². The van der Waals surface area contributed by atoms with Crippen LogP contribution in [0.4, 0.5) is 5.69 Å². The number of anilines is 1. The second-order valence-electron chi connectivity index (χ2n) is 7.33. The first-order chi connectivity index (χ1) is 12.6. The Balaban J connectivity index is 2.35. The lowest BCUT2D eigenvalue weighted by molar-refractivity contribution is -0.136. The highest BCUT2D eigenvalue weighted by Gasteiger charge is 2.22. The molecular formula is C19H27N3O2S3. The van der Waals surface area contributed by atoms with Crippen molar-refractivity contribution in [2.45, 2.75) is 50.8 Å². The van der Waals surface area contributed by atoms with Crippen LogP contribution in [0.2, 0.25) is 0 Å². The van der Waals surface area contributed by atoms with Gasteiger partial charge >= 0.3 is 5.97 Å². The van der Waals surface area contributed by atoms with Crippen molar-refractivity contribution in [2.75, 3.05) is 16.8 Å². The highest BCUT2D eigenvalue weighted by Crippen LogP contribution is 2.35. The molecule has 0 aliphatic carbocycles. The lowest BCUT2D eigenvalue weighted by Crippen LogP contribution is -2.17. The number of thioether (sulfide) groups is 2. The van der Waals surface area contributed by atoms with Crippen LogP contribution in [0, 0.1) is 0 Å². The summed E-state index contributed by atoms with van der Waals surface area (Å²) in [5.74, 6) is 1.70. The second kappa shape index (κ2) is 9.30. The molecular weight excluding hydrogens is 398 g/mol. The summed E-state index contributed by atoms with van der Waals surface area (Å²) in [6.45, 7) is 8.64. The van der Waals surface area contributed by atoms with E-state index in [9.17, 15) is 4.79 Å². The van der Waals surface area contributed by atoms with Crippen molar-refractivity contribution >= 4 is 62.8 Å². The maximum Gasteiger partial charge on any atom is 0.304 e. The SMILES string of the molecule is CCCSc1cc2nc(C(C)(C)C)n(C)c2cc1NC(=S)SCCC(=O)O. The fourth-order valence-corrected chi connectivity index (χ4v) is 4.58. The summed E-state index contributed by atoms with van der Waals surface area (Å²) < 4.78 is 2.72. The zero-order valence-corrected chi connectivity index (χ0v) is 18.9. The molecule has 2 N–H and O–H groups in total. The molecule has 0 fully saturated rings. The zero-order chi connectivity index (χ0) is 20.2. The molecule has 27 heavy (non-hydrogen) atoms. The Labute approximate surface area is 174 Å². The monoisotopic (exact) mass is 425 g/mol. The van der Waals surface area contributed by atoms with Crippen molar-refractivity contribution in [3.63, 3.8) is 0 Å². The van der Waals surface area contributed by atoms with Crippen LogP contribution in [0.25, 0.3) is 11.0 Å². The summed E-state index contributed by atoms with van der Waals surface area (Å²) in [5.41, 5.74) is 2.95. The molecule has 148 valence electrons. The first kappa shape index (κ1) is 22.0. The van der Waals surface area contributed by atoms with E-state index in [1.54, 1.807) is 11.8 Å². The van der Waals surface area contributed by atoms with Gasteiger partial charge in [0.15, 0.2) is 0 Å². The Hall–Kier alpha value is -1.25. The van der Waals surface area contributed by atoms with E-state index >= 15 is 0 Å². The first-order valence-corrected chi connectivity index (χ1v) is 11.3. The third kappa shape index (κ3) is 5.86. The largest absolute Gasteiger partial charge is 0.481 e. The molecule has 2 rings (SSSR count). The molecule has 0 unspecified atom stereocenters. The van der Waals surface area contributed by atoms with Crippen LogP contribution in [0.15, 0.2) is 17.0 Å². The number of imidazole rings is 1. The number of fused-ring (bicyclic) bond motifs is 1. The number of hydrogen-bond acceptors (Lipinski definition) is 5. The molecule has 0 aliphatic rings. The van der Waals surface area contributed by atoms with Crippen molar-refractivity contribution in [2.24, 2.45) is 7.05 Å². The number of rotatable bonds is 7. The molecule has 0 saturated carbocycles. The van der Waals surface area contributed by atoms with Crippen molar-refractivity contribution in [1.29, 1.82) is 0 Å². The second-order valence-corrected chi connectivity index (χ2v) is 10.2. The summed E-state index contributed by atoms with van der Waals surface area (Å²) in [4.78, 5) is 16.7. The van der Waals surface area contributed by atoms with Gasteiger partial charge in [-0.15, -0.1) is 11.8 Å². The number of aryl methyl sites for hydroxylation is 1.